The topological polar surface area (TPSA) is 24.3 Å². The van der Waals surface area contributed by atoms with Crippen LogP contribution in [-0.4, -0.2) is 14.2 Å². The van der Waals surface area contributed by atoms with E-state index >= 15 is 0 Å². The fraction of sp³-hybridized carbons (Fsp3) is 0.100. The summed E-state index contributed by atoms with van der Waals surface area (Å²) >= 11 is 6.47. The van der Waals surface area contributed by atoms with Crippen molar-refractivity contribution in [2.24, 2.45) is 0 Å². The largest absolute Gasteiger partial charge is 0.496 e. The van der Waals surface area contributed by atoms with E-state index in [0.717, 1.165) is 39.6 Å². The van der Waals surface area contributed by atoms with E-state index in [1.54, 1.807) is 7.11 Å². The van der Waals surface area contributed by atoms with Crippen LogP contribution in [0.1, 0.15) is 0 Å². The van der Waals surface area contributed by atoms with E-state index in [1.807, 2.05) is 31.3 Å². The Morgan fingerprint density at radius 1 is 0.958 bits per heavy atom. The van der Waals surface area contributed by atoms with Gasteiger partial charge < -0.3 is 15.0 Å². The van der Waals surface area contributed by atoms with E-state index < -0.39 is 0 Å². The molecule has 4 heteroatoms. The molecule has 4 rings (SSSR count). The van der Waals surface area contributed by atoms with Crippen LogP contribution in [0.3, 0.4) is 0 Å². The van der Waals surface area contributed by atoms with Crippen molar-refractivity contribution in [1.29, 1.82) is 0 Å². The first-order chi connectivity index (χ1) is 11.7. The molecular formula is C20H17ClN2O. The van der Waals surface area contributed by atoms with Crippen molar-refractivity contribution < 1.29 is 4.74 Å². The molecule has 0 spiro atoms. The van der Waals surface area contributed by atoms with E-state index in [-0.39, 0.29) is 0 Å². The summed E-state index contributed by atoms with van der Waals surface area (Å²) in [6, 6.07) is 20.4. The van der Waals surface area contributed by atoms with Gasteiger partial charge in [0.05, 0.1) is 29.1 Å². The van der Waals surface area contributed by atoms with Crippen molar-refractivity contribution in [3.63, 3.8) is 0 Å². The fourth-order valence-corrected chi connectivity index (χ4v) is 3.34. The average molecular weight is 337 g/mol. The highest BCUT2D eigenvalue weighted by molar-refractivity contribution is 6.38. The molecule has 0 bridgehead atoms. The first-order valence-corrected chi connectivity index (χ1v) is 8.16. The Labute approximate surface area is 146 Å². The minimum Gasteiger partial charge on any atom is -0.496 e. The predicted molar refractivity (Wildman–Crippen MR) is 101 cm³/mol. The molecule has 0 fully saturated rings. The molecule has 0 radical (unpaired) electrons. The Bertz CT molecular complexity index is 892. The van der Waals surface area contributed by atoms with Gasteiger partial charge in [-0.25, -0.2) is 0 Å². The van der Waals surface area contributed by atoms with Crippen molar-refractivity contribution >= 4 is 34.4 Å². The highest BCUT2D eigenvalue weighted by Crippen LogP contribution is 2.64. The Morgan fingerprint density at radius 3 is 2.29 bits per heavy atom. The zero-order valence-corrected chi connectivity index (χ0v) is 14.3. The molecule has 24 heavy (non-hydrogen) atoms. The molecule has 0 saturated carbocycles. The standard InChI is InChI=1S/C20H17ClN2O/c1-22-14-8-10-15(11-9-14)23-19-16(21)12-17(24-2)18(20(19)23)13-6-4-3-5-7-13/h3-12,22H,1-2H3. The molecule has 0 saturated heterocycles. The first kappa shape index (κ1) is 14.9. The van der Waals surface area contributed by atoms with E-state index in [9.17, 15) is 0 Å². The van der Waals surface area contributed by atoms with Crippen LogP contribution in [0.15, 0.2) is 60.7 Å². The van der Waals surface area contributed by atoms with Crippen molar-refractivity contribution in [3.05, 3.63) is 65.7 Å². The summed E-state index contributed by atoms with van der Waals surface area (Å²) in [5.74, 6) is 0.791. The lowest BCUT2D eigenvalue weighted by Gasteiger charge is -2.09. The van der Waals surface area contributed by atoms with Crippen LogP contribution >= 0.6 is 11.6 Å². The second kappa shape index (κ2) is 5.77. The van der Waals surface area contributed by atoms with Crippen LogP contribution in [0.25, 0.3) is 11.1 Å². The normalized spacial score (nSPS) is 11.9. The number of rotatable bonds is 4. The van der Waals surface area contributed by atoms with Gasteiger partial charge in [-0.3, -0.25) is 0 Å². The molecule has 3 aromatic rings. The third-order valence-corrected chi connectivity index (χ3v) is 4.57. The molecule has 3 aromatic carbocycles. The Hall–Kier alpha value is -2.65. The lowest BCUT2D eigenvalue weighted by Crippen LogP contribution is -1.92. The molecule has 0 aliphatic carbocycles. The van der Waals surface area contributed by atoms with Gasteiger partial charge in [0.25, 0.3) is 0 Å². The number of halogens is 1. The monoisotopic (exact) mass is 336 g/mol. The third-order valence-electron chi connectivity index (χ3n) is 4.29. The van der Waals surface area contributed by atoms with Crippen LogP contribution in [0.4, 0.5) is 22.7 Å². The van der Waals surface area contributed by atoms with Gasteiger partial charge in [-0.1, -0.05) is 41.9 Å². The summed E-state index contributed by atoms with van der Waals surface area (Å²) in [6.07, 6.45) is 0. The summed E-state index contributed by atoms with van der Waals surface area (Å²) in [4.78, 5) is 2.17. The lowest BCUT2D eigenvalue weighted by molar-refractivity contribution is 0.417. The van der Waals surface area contributed by atoms with Crippen LogP contribution in [0.5, 0.6) is 5.75 Å². The van der Waals surface area contributed by atoms with Gasteiger partial charge in [-0.2, -0.15) is 0 Å². The van der Waals surface area contributed by atoms with Crippen molar-refractivity contribution in [1.82, 2.24) is 0 Å². The molecule has 3 nitrogen and oxygen atoms in total. The van der Waals surface area contributed by atoms with Gasteiger partial charge in [-0.05, 0) is 29.8 Å². The molecule has 0 amide bonds. The van der Waals surface area contributed by atoms with E-state index in [0.29, 0.717) is 5.02 Å². The quantitative estimate of drug-likeness (QED) is 0.474. The highest BCUT2D eigenvalue weighted by atomic mass is 35.5. The summed E-state index contributed by atoms with van der Waals surface area (Å²) < 4.78 is 5.59. The SMILES string of the molecule is CNc1ccc(N2c3c(Cl)cc(OC)c(-c4ccccc4)c32)cc1. The molecule has 1 aliphatic heterocycles. The Morgan fingerprint density at radius 2 is 1.67 bits per heavy atom. The van der Waals surface area contributed by atoms with Gasteiger partial charge in [0.1, 0.15) is 5.75 Å². The van der Waals surface area contributed by atoms with Gasteiger partial charge in [0.15, 0.2) is 0 Å². The number of ether oxygens (including phenoxy) is 1. The molecule has 1 aliphatic rings. The third kappa shape index (κ3) is 2.29. The minimum atomic E-state index is 0.708. The van der Waals surface area contributed by atoms with Crippen LogP contribution in [0.2, 0.25) is 5.02 Å². The van der Waals surface area contributed by atoms with Crippen molar-refractivity contribution in [3.8, 4) is 16.9 Å². The molecular weight excluding hydrogens is 320 g/mol. The van der Waals surface area contributed by atoms with Gasteiger partial charge in [0, 0.05) is 24.5 Å². The van der Waals surface area contributed by atoms with Crippen LogP contribution in [-0.2, 0) is 0 Å². The number of nitrogens with zero attached hydrogens (tertiary/aromatic N) is 1. The van der Waals surface area contributed by atoms with E-state index in [4.69, 9.17) is 16.3 Å². The maximum Gasteiger partial charge on any atom is 0.130 e. The number of hydrogen-bond donors (Lipinski definition) is 1. The van der Waals surface area contributed by atoms with E-state index in [2.05, 4.69) is 46.6 Å². The summed E-state index contributed by atoms with van der Waals surface area (Å²) in [6.45, 7) is 0. The van der Waals surface area contributed by atoms with E-state index in [1.165, 1.54) is 0 Å². The molecule has 1 heterocycles. The maximum atomic E-state index is 6.47. The highest BCUT2D eigenvalue weighted by Gasteiger charge is 2.39. The fourth-order valence-electron chi connectivity index (χ4n) is 3.07. The smallest absolute Gasteiger partial charge is 0.130 e. The second-order valence-electron chi connectivity index (χ2n) is 5.63. The summed E-state index contributed by atoms with van der Waals surface area (Å²) in [5.41, 5.74) is 6.54. The first-order valence-electron chi connectivity index (χ1n) is 7.78. The molecule has 0 atom stereocenters. The zero-order valence-electron chi connectivity index (χ0n) is 13.5. The number of methoxy groups -OCH3 is 1. The van der Waals surface area contributed by atoms with Crippen LogP contribution in [0, 0.1) is 0 Å². The number of benzene rings is 3. The predicted octanol–water partition coefficient (Wildman–Crippen LogP) is 5.84. The van der Waals surface area contributed by atoms with Gasteiger partial charge >= 0.3 is 0 Å². The number of fused-ring (bicyclic) bond motifs is 1. The zero-order chi connectivity index (χ0) is 16.7. The average Bonchev–Trinajstić information content (AvgIpc) is 3.38. The van der Waals surface area contributed by atoms with Crippen LogP contribution < -0.4 is 15.0 Å². The maximum absolute atomic E-state index is 6.47. The number of nitrogens with one attached hydrogen (secondary N) is 1. The molecule has 1 N–H and O–H groups in total. The summed E-state index contributed by atoms with van der Waals surface area (Å²) in [7, 11) is 3.59. The number of anilines is 4. The minimum absolute atomic E-state index is 0.708. The lowest BCUT2D eigenvalue weighted by atomic mass is 10.0. The Kier molecular flexibility index (Phi) is 3.58. The second-order valence-corrected chi connectivity index (χ2v) is 6.04. The Balaban J connectivity index is 1.84. The molecule has 120 valence electrons. The summed E-state index contributed by atoms with van der Waals surface area (Å²) in [5, 5.41) is 3.84. The molecule has 0 aromatic heterocycles. The van der Waals surface area contributed by atoms with Crippen molar-refractivity contribution in [2.45, 2.75) is 0 Å². The number of hydrogen-bond acceptors (Lipinski definition) is 3. The molecule has 0 unspecified atom stereocenters. The van der Waals surface area contributed by atoms with Gasteiger partial charge in [0.2, 0.25) is 0 Å². The van der Waals surface area contributed by atoms with Gasteiger partial charge in [-0.15, -0.1) is 0 Å². The van der Waals surface area contributed by atoms with Crippen molar-refractivity contribution in [2.75, 3.05) is 24.4 Å².